The van der Waals surface area contributed by atoms with Crippen LogP contribution in [0.15, 0.2) is 4.99 Å². The first-order valence-corrected chi connectivity index (χ1v) is 9.32. The van der Waals surface area contributed by atoms with Crippen LogP contribution < -0.4 is 10.6 Å². The van der Waals surface area contributed by atoms with Crippen molar-refractivity contribution >= 4 is 36.0 Å². The second-order valence-electron chi connectivity index (χ2n) is 7.99. The third kappa shape index (κ3) is 8.96. The fourth-order valence-corrected chi connectivity index (χ4v) is 2.98. The number of aliphatic imine (C=N–C) groups is 1. The normalized spacial score (nSPS) is 21.4. The molecule has 2 N–H and O–H groups in total. The molecule has 7 heteroatoms. The minimum atomic E-state index is -0.448. The second kappa shape index (κ2) is 10.4. The minimum absolute atomic E-state index is 0. The first-order valence-electron chi connectivity index (χ1n) is 9.32. The van der Waals surface area contributed by atoms with Gasteiger partial charge in [-0.3, -0.25) is 4.99 Å². The van der Waals surface area contributed by atoms with E-state index in [1.165, 1.54) is 25.7 Å². The van der Waals surface area contributed by atoms with Gasteiger partial charge in [0.1, 0.15) is 5.60 Å². The topological polar surface area (TPSA) is 66.0 Å². The standard InChI is InChI=1S/C18H34N4O2.HI/c1-18(2,3)24-17(23)22-12-6-8-15(13-22)21-16(19-4)20-11-5-7-14-9-10-14;/h14-15H,5-13H2,1-4H3,(H2,19,20,21);1H. The van der Waals surface area contributed by atoms with E-state index in [1.807, 2.05) is 20.8 Å². The van der Waals surface area contributed by atoms with Gasteiger partial charge in [0.2, 0.25) is 0 Å². The summed E-state index contributed by atoms with van der Waals surface area (Å²) >= 11 is 0. The number of piperidine rings is 1. The molecule has 6 nitrogen and oxygen atoms in total. The third-order valence-corrected chi connectivity index (χ3v) is 4.42. The van der Waals surface area contributed by atoms with Crippen LogP contribution in [0.5, 0.6) is 0 Å². The predicted octanol–water partition coefficient (Wildman–Crippen LogP) is 3.36. The molecule has 2 aliphatic rings. The van der Waals surface area contributed by atoms with Crippen molar-refractivity contribution in [3.8, 4) is 0 Å². The van der Waals surface area contributed by atoms with Gasteiger partial charge in [0, 0.05) is 32.7 Å². The highest BCUT2D eigenvalue weighted by atomic mass is 127. The van der Waals surface area contributed by atoms with Crippen LogP contribution in [0.1, 0.15) is 59.3 Å². The van der Waals surface area contributed by atoms with E-state index in [0.717, 1.165) is 37.8 Å². The van der Waals surface area contributed by atoms with Crippen molar-refractivity contribution in [2.45, 2.75) is 70.9 Å². The van der Waals surface area contributed by atoms with Crippen LogP contribution in [0.4, 0.5) is 4.79 Å². The molecule has 0 aromatic carbocycles. The van der Waals surface area contributed by atoms with E-state index in [2.05, 4.69) is 15.6 Å². The molecule has 1 aliphatic carbocycles. The van der Waals surface area contributed by atoms with Crippen molar-refractivity contribution in [1.82, 2.24) is 15.5 Å². The molecule has 1 unspecified atom stereocenters. The number of amides is 1. The number of hydrogen-bond donors (Lipinski definition) is 2. The Morgan fingerprint density at radius 3 is 2.60 bits per heavy atom. The van der Waals surface area contributed by atoms with Gasteiger partial charge in [-0.05, 0) is 52.4 Å². The molecule has 25 heavy (non-hydrogen) atoms. The zero-order chi connectivity index (χ0) is 17.6. The first kappa shape index (κ1) is 22.3. The van der Waals surface area contributed by atoms with E-state index < -0.39 is 5.60 Å². The van der Waals surface area contributed by atoms with Gasteiger partial charge >= 0.3 is 6.09 Å². The highest BCUT2D eigenvalue weighted by molar-refractivity contribution is 14.0. The molecular weight excluding hydrogens is 431 g/mol. The molecular formula is C18H35IN4O2. The summed E-state index contributed by atoms with van der Waals surface area (Å²) in [5, 5.41) is 6.83. The number of carbonyl (C=O) groups is 1. The molecule has 1 saturated heterocycles. The van der Waals surface area contributed by atoms with Crippen LogP contribution in [-0.4, -0.2) is 55.3 Å². The summed E-state index contributed by atoms with van der Waals surface area (Å²) in [6.45, 7) is 8.09. The summed E-state index contributed by atoms with van der Waals surface area (Å²) in [6, 6.07) is 0.223. The maximum Gasteiger partial charge on any atom is 0.410 e. The summed E-state index contributed by atoms with van der Waals surface area (Å²) in [5.74, 6) is 1.81. The van der Waals surface area contributed by atoms with Gasteiger partial charge in [0.15, 0.2) is 5.96 Å². The number of rotatable bonds is 5. The molecule has 1 aliphatic heterocycles. The molecule has 1 saturated carbocycles. The Labute approximate surface area is 169 Å². The number of hydrogen-bond acceptors (Lipinski definition) is 3. The quantitative estimate of drug-likeness (QED) is 0.282. The molecule has 0 spiro atoms. The Morgan fingerprint density at radius 1 is 1.28 bits per heavy atom. The highest BCUT2D eigenvalue weighted by Crippen LogP contribution is 2.33. The highest BCUT2D eigenvalue weighted by Gasteiger charge is 2.28. The van der Waals surface area contributed by atoms with Crippen molar-refractivity contribution in [2.75, 3.05) is 26.7 Å². The Morgan fingerprint density at radius 2 is 2.00 bits per heavy atom. The summed E-state index contributed by atoms with van der Waals surface area (Å²) in [4.78, 5) is 18.3. The molecule has 0 radical (unpaired) electrons. The molecule has 146 valence electrons. The Bertz CT molecular complexity index is 447. The average Bonchev–Trinajstić information content (AvgIpc) is 3.33. The molecule has 0 bridgehead atoms. The van der Waals surface area contributed by atoms with Crippen LogP contribution in [0, 0.1) is 5.92 Å². The Hall–Kier alpha value is -0.730. The monoisotopic (exact) mass is 466 g/mol. The maximum absolute atomic E-state index is 12.2. The lowest BCUT2D eigenvalue weighted by Crippen LogP contribution is -2.53. The first-order chi connectivity index (χ1) is 11.4. The van der Waals surface area contributed by atoms with Crippen molar-refractivity contribution in [1.29, 1.82) is 0 Å². The minimum Gasteiger partial charge on any atom is -0.444 e. The molecule has 0 aromatic rings. The van der Waals surface area contributed by atoms with Crippen molar-refractivity contribution < 1.29 is 9.53 Å². The number of likely N-dealkylation sites (tertiary alicyclic amines) is 1. The van der Waals surface area contributed by atoms with Gasteiger partial charge in [0.05, 0.1) is 0 Å². The van der Waals surface area contributed by atoms with Gasteiger partial charge in [-0.15, -0.1) is 24.0 Å². The predicted molar refractivity (Wildman–Crippen MR) is 113 cm³/mol. The molecule has 2 rings (SSSR count). The second-order valence-corrected chi connectivity index (χ2v) is 7.99. The summed E-state index contributed by atoms with van der Waals surface area (Å²) in [6.07, 6.45) is 7.14. The van der Waals surface area contributed by atoms with E-state index in [-0.39, 0.29) is 36.1 Å². The van der Waals surface area contributed by atoms with E-state index in [0.29, 0.717) is 6.54 Å². The summed E-state index contributed by atoms with van der Waals surface area (Å²) < 4.78 is 5.48. The lowest BCUT2D eigenvalue weighted by Gasteiger charge is -2.35. The van der Waals surface area contributed by atoms with E-state index in [4.69, 9.17) is 4.74 Å². The molecule has 1 amide bonds. The van der Waals surface area contributed by atoms with E-state index >= 15 is 0 Å². The number of nitrogens with one attached hydrogen (secondary N) is 2. The van der Waals surface area contributed by atoms with E-state index in [9.17, 15) is 4.79 Å². The zero-order valence-electron chi connectivity index (χ0n) is 16.1. The Kier molecular flexibility index (Phi) is 9.30. The maximum atomic E-state index is 12.2. The summed E-state index contributed by atoms with van der Waals surface area (Å²) in [5.41, 5.74) is -0.448. The lowest BCUT2D eigenvalue weighted by molar-refractivity contribution is 0.0193. The van der Waals surface area contributed by atoms with Crippen molar-refractivity contribution in [3.63, 3.8) is 0 Å². The fraction of sp³-hybridized carbons (Fsp3) is 0.889. The molecule has 0 aromatic heterocycles. The van der Waals surface area contributed by atoms with E-state index in [1.54, 1.807) is 11.9 Å². The van der Waals surface area contributed by atoms with Crippen LogP contribution >= 0.6 is 24.0 Å². The Balaban J connectivity index is 0.00000312. The third-order valence-electron chi connectivity index (χ3n) is 4.42. The van der Waals surface area contributed by atoms with Gasteiger partial charge in [-0.2, -0.15) is 0 Å². The van der Waals surface area contributed by atoms with Crippen molar-refractivity contribution in [3.05, 3.63) is 0 Å². The number of guanidine groups is 1. The zero-order valence-corrected chi connectivity index (χ0v) is 18.5. The number of ether oxygens (including phenoxy) is 1. The van der Waals surface area contributed by atoms with Gasteiger partial charge in [-0.1, -0.05) is 12.8 Å². The van der Waals surface area contributed by atoms with Gasteiger partial charge in [-0.25, -0.2) is 4.79 Å². The van der Waals surface area contributed by atoms with Gasteiger partial charge in [0.25, 0.3) is 0 Å². The largest absolute Gasteiger partial charge is 0.444 e. The van der Waals surface area contributed by atoms with Crippen LogP contribution in [-0.2, 0) is 4.74 Å². The molecule has 2 fully saturated rings. The van der Waals surface area contributed by atoms with Crippen molar-refractivity contribution in [2.24, 2.45) is 10.9 Å². The SMILES string of the molecule is CN=C(NCCCC1CC1)NC1CCCN(C(=O)OC(C)(C)C)C1.I. The van der Waals surface area contributed by atoms with Gasteiger partial charge < -0.3 is 20.3 Å². The van der Waals surface area contributed by atoms with Crippen LogP contribution in [0.25, 0.3) is 0 Å². The number of nitrogens with zero attached hydrogens (tertiary/aromatic N) is 2. The average molecular weight is 466 g/mol. The number of halogens is 1. The number of carbonyl (C=O) groups excluding carboxylic acids is 1. The van der Waals surface area contributed by atoms with Crippen LogP contribution in [0.3, 0.4) is 0 Å². The van der Waals surface area contributed by atoms with Crippen LogP contribution in [0.2, 0.25) is 0 Å². The lowest BCUT2D eigenvalue weighted by atomic mass is 10.1. The fourth-order valence-electron chi connectivity index (χ4n) is 2.98. The summed E-state index contributed by atoms with van der Waals surface area (Å²) in [7, 11) is 1.80. The molecule has 1 atom stereocenters. The molecule has 1 heterocycles. The smallest absolute Gasteiger partial charge is 0.410 e.